The van der Waals surface area contributed by atoms with Crippen LogP contribution in [0, 0.1) is 50.2 Å². The molecule has 2 unspecified atom stereocenters. The molecule has 0 aromatic carbocycles. The highest BCUT2D eigenvalue weighted by Gasteiger charge is 2.70. The quantitative estimate of drug-likeness (QED) is 0.328. The van der Waals surface area contributed by atoms with Crippen LogP contribution in [0.4, 0.5) is 0 Å². The maximum absolute atomic E-state index is 12.8. The SMILES string of the molecule is CC1(C)C(O)CC[C@]2(C)[C@H]3CC=C4[C@@H]5C[C@@]6(C)CC(OC6=O)[C@]5(C)CC[C@@]4(C)[C@]3(C)CC[C@@H]12. The van der Waals surface area contributed by atoms with Gasteiger partial charge < -0.3 is 9.84 Å². The summed E-state index contributed by atoms with van der Waals surface area (Å²) in [5.41, 5.74) is 2.25. The first kappa shape index (κ1) is 22.6. The van der Waals surface area contributed by atoms with E-state index in [1.807, 2.05) is 0 Å². The molecule has 6 rings (SSSR count). The summed E-state index contributed by atoms with van der Waals surface area (Å²) in [6.07, 6.45) is 12.6. The fraction of sp³-hybridized carbons (Fsp3) is 0.900. The molecule has 184 valence electrons. The van der Waals surface area contributed by atoms with Gasteiger partial charge in [-0.2, -0.15) is 0 Å². The van der Waals surface area contributed by atoms with Crippen LogP contribution in [0.2, 0.25) is 0 Å². The van der Waals surface area contributed by atoms with E-state index in [1.54, 1.807) is 5.57 Å². The van der Waals surface area contributed by atoms with Gasteiger partial charge in [0.25, 0.3) is 0 Å². The van der Waals surface area contributed by atoms with E-state index in [4.69, 9.17) is 4.74 Å². The van der Waals surface area contributed by atoms with Crippen LogP contribution in [0.15, 0.2) is 11.6 Å². The minimum Gasteiger partial charge on any atom is -0.461 e. The van der Waals surface area contributed by atoms with Crippen LogP contribution >= 0.6 is 0 Å². The number of fused-ring (bicyclic) bond motifs is 10. The highest BCUT2D eigenvalue weighted by molar-refractivity contribution is 5.79. The van der Waals surface area contributed by atoms with Crippen LogP contribution in [0.5, 0.6) is 0 Å². The fourth-order valence-electron chi connectivity index (χ4n) is 11.1. The van der Waals surface area contributed by atoms with Crippen molar-refractivity contribution in [3.63, 3.8) is 0 Å². The van der Waals surface area contributed by atoms with E-state index < -0.39 is 0 Å². The Labute approximate surface area is 201 Å². The van der Waals surface area contributed by atoms with E-state index in [1.165, 1.54) is 32.1 Å². The standard InChI is InChI=1S/C30H46O3/c1-25(2)20-10-13-30(7)21(28(20,5)12-11-22(25)31)9-8-18-19-16-26(3)17-23(33-24(26)32)27(19,4)14-15-29(18,30)6/h8,19-23,31H,9-17H2,1-7H3/t19-,20-,21+,22?,23?,26-,27+,28-,29+,30+/m0/s1. The van der Waals surface area contributed by atoms with Crippen molar-refractivity contribution in [2.24, 2.45) is 50.2 Å². The molecule has 5 fully saturated rings. The van der Waals surface area contributed by atoms with Gasteiger partial charge in [0, 0.05) is 11.8 Å². The zero-order valence-corrected chi connectivity index (χ0v) is 22.1. The molecule has 0 spiro atoms. The van der Waals surface area contributed by atoms with Crippen LogP contribution < -0.4 is 0 Å². The van der Waals surface area contributed by atoms with Gasteiger partial charge in [-0.3, -0.25) is 4.79 Å². The number of aliphatic hydroxyl groups excluding tert-OH is 1. The molecular weight excluding hydrogens is 408 g/mol. The van der Waals surface area contributed by atoms with Crippen molar-refractivity contribution < 1.29 is 14.6 Å². The first-order valence-electron chi connectivity index (χ1n) is 13.8. The van der Waals surface area contributed by atoms with Crippen LogP contribution in [0.1, 0.15) is 106 Å². The van der Waals surface area contributed by atoms with Gasteiger partial charge in [0.1, 0.15) is 6.10 Å². The molecule has 1 heterocycles. The maximum Gasteiger partial charge on any atom is 0.312 e. The van der Waals surface area contributed by atoms with Crippen LogP contribution in [-0.2, 0) is 9.53 Å². The van der Waals surface area contributed by atoms with Gasteiger partial charge in [-0.05, 0) is 97.7 Å². The van der Waals surface area contributed by atoms with E-state index in [2.05, 4.69) is 54.5 Å². The second-order valence-corrected chi connectivity index (χ2v) is 15.1. The number of rotatable bonds is 0. The Bertz CT molecular complexity index is 935. The van der Waals surface area contributed by atoms with Gasteiger partial charge in [-0.15, -0.1) is 0 Å². The summed E-state index contributed by atoms with van der Waals surface area (Å²) in [7, 11) is 0. The van der Waals surface area contributed by atoms with Gasteiger partial charge in [-0.25, -0.2) is 0 Å². The molecule has 4 saturated carbocycles. The lowest BCUT2D eigenvalue weighted by Gasteiger charge is -2.71. The molecule has 0 radical (unpaired) electrons. The predicted molar refractivity (Wildman–Crippen MR) is 130 cm³/mol. The molecule has 5 aliphatic carbocycles. The summed E-state index contributed by atoms with van der Waals surface area (Å²) in [6.45, 7) is 17.1. The molecule has 3 nitrogen and oxygen atoms in total. The van der Waals surface area contributed by atoms with E-state index in [9.17, 15) is 9.90 Å². The lowest BCUT2D eigenvalue weighted by Crippen LogP contribution is -2.65. The van der Waals surface area contributed by atoms with Crippen molar-refractivity contribution in [3.05, 3.63) is 11.6 Å². The number of carbonyl (C=O) groups excluding carboxylic acids is 1. The second kappa shape index (κ2) is 6.29. The van der Waals surface area contributed by atoms with Gasteiger partial charge >= 0.3 is 5.97 Å². The molecule has 1 aliphatic heterocycles. The maximum atomic E-state index is 12.8. The molecule has 1 saturated heterocycles. The average molecular weight is 455 g/mol. The molecular formula is C30H46O3. The van der Waals surface area contributed by atoms with Gasteiger partial charge in [0.2, 0.25) is 0 Å². The van der Waals surface area contributed by atoms with Crippen molar-refractivity contribution in [1.82, 2.24) is 0 Å². The number of esters is 1. The summed E-state index contributed by atoms with van der Waals surface area (Å²) in [6, 6.07) is 0. The number of hydrogen-bond donors (Lipinski definition) is 1. The molecule has 10 atom stereocenters. The fourth-order valence-corrected chi connectivity index (χ4v) is 11.1. The summed E-state index contributed by atoms with van der Waals surface area (Å²) >= 11 is 0. The van der Waals surface area contributed by atoms with Gasteiger partial charge in [-0.1, -0.05) is 53.2 Å². The zero-order chi connectivity index (χ0) is 23.8. The van der Waals surface area contributed by atoms with Crippen LogP contribution in [-0.4, -0.2) is 23.3 Å². The Kier molecular flexibility index (Phi) is 4.31. The zero-order valence-electron chi connectivity index (χ0n) is 22.1. The second-order valence-electron chi connectivity index (χ2n) is 15.1. The van der Waals surface area contributed by atoms with Gasteiger partial charge in [0.15, 0.2) is 0 Å². The highest BCUT2D eigenvalue weighted by atomic mass is 16.6. The molecule has 33 heavy (non-hydrogen) atoms. The molecule has 3 heteroatoms. The first-order valence-corrected chi connectivity index (χ1v) is 13.8. The van der Waals surface area contributed by atoms with E-state index >= 15 is 0 Å². The Hall–Kier alpha value is -0.830. The predicted octanol–water partition coefficient (Wildman–Crippen LogP) is 6.68. The largest absolute Gasteiger partial charge is 0.461 e. The van der Waals surface area contributed by atoms with Crippen molar-refractivity contribution in [1.29, 1.82) is 0 Å². The normalized spacial score (nSPS) is 58.8. The van der Waals surface area contributed by atoms with Crippen molar-refractivity contribution in [3.8, 4) is 0 Å². The molecule has 6 aliphatic rings. The molecule has 0 aromatic heterocycles. The van der Waals surface area contributed by atoms with Crippen molar-refractivity contribution in [2.75, 3.05) is 0 Å². The third kappa shape index (κ3) is 2.44. The summed E-state index contributed by atoms with van der Waals surface area (Å²) in [5, 5.41) is 10.9. The monoisotopic (exact) mass is 454 g/mol. The van der Waals surface area contributed by atoms with E-state index in [0.717, 1.165) is 25.7 Å². The summed E-state index contributed by atoms with van der Waals surface area (Å²) in [4.78, 5) is 12.8. The lowest BCUT2D eigenvalue weighted by molar-refractivity contribution is -0.204. The smallest absolute Gasteiger partial charge is 0.312 e. The van der Waals surface area contributed by atoms with Crippen LogP contribution in [0.3, 0.4) is 0 Å². The average Bonchev–Trinajstić information content (AvgIpc) is 3.00. The number of aliphatic hydroxyl groups is 1. The highest BCUT2D eigenvalue weighted by Crippen LogP contribution is 2.76. The minimum atomic E-state index is -0.293. The molecule has 0 amide bonds. The Balaban J connectivity index is 1.43. The number of ether oxygens (including phenoxy) is 1. The molecule has 1 N–H and O–H groups in total. The lowest BCUT2D eigenvalue weighted by atomic mass is 9.33. The number of carbonyl (C=O) groups is 1. The topological polar surface area (TPSA) is 46.5 Å². The Morgan fingerprint density at radius 1 is 0.879 bits per heavy atom. The van der Waals surface area contributed by atoms with Crippen molar-refractivity contribution >= 4 is 5.97 Å². The third-order valence-corrected chi connectivity index (χ3v) is 13.6. The molecule has 0 aromatic rings. The van der Waals surface area contributed by atoms with E-state index in [-0.39, 0.29) is 50.7 Å². The summed E-state index contributed by atoms with van der Waals surface area (Å²) < 4.78 is 6.03. The number of allylic oxidation sites excluding steroid dienone is 2. The first-order chi connectivity index (χ1) is 15.2. The Morgan fingerprint density at radius 2 is 1.61 bits per heavy atom. The van der Waals surface area contributed by atoms with Gasteiger partial charge in [0.05, 0.1) is 11.5 Å². The van der Waals surface area contributed by atoms with Crippen molar-refractivity contribution in [2.45, 2.75) is 118 Å². The number of hydrogen-bond acceptors (Lipinski definition) is 3. The Morgan fingerprint density at radius 3 is 2.33 bits per heavy atom. The minimum absolute atomic E-state index is 0.000773. The third-order valence-electron chi connectivity index (χ3n) is 13.6. The summed E-state index contributed by atoms with van der Waals surface area (Å²) in [5.74, 6) is 1.79. The molecule has 2 bridgehead atoms. The van der Waals surface area contributed by atoms with E-state index in [0.29, 0.717) is 17.8 Å². The van der Waals surface area contributed by atoms with Crippen LogP contribution in [0.25, 0.3) is 0 Å².